The van der Waals surface area contributed by atoms with Gasteiger partial charge in [-0.25, -0.2) is 4.98 Å². The largest absolute Gasteiger partial charge is 0.368 e. The van der Waals surface area contributed by atoms with E-state index in [1.54, 1.807) is 11.3 Å². The molecule has 0 radical (unpaired) electrons. The Morgan fingerprint density at radius 2 is 2.25 bits per heavy atom. The third-order valence-corrected chi connectivity index (χ3v) is 6.19. The van der Waals surface area contributed by atoms with E-state index in [-0.39, 0.29) is 30.0 Å². The Balaban J connectivity index is 1.49. The van der Waals surface area contributed by atoms with Crippen LogP contribution in [0.25, 0.3) is 0 Å². The molecule has 3 aliphatic heterocycles. The van der Waals surface area contributed by atoms with Crippen LogP contribution in [0.5, 0.6) is 0 Å². The lowest BCUT2D eigenvalue weighted by Crippen LogP contribution is -2.54. The van der Waals surface area contributed by atoms with Gasteiger partial charge in [0.1, 0.15) is 6.10 Å². The van der Waals surface area contributed by atoms with E-state index in [0.29, 0.717) is 19.6 Å². The van der Waals surface area contributed by atoms with E-state index in [1.165, 1.54) is 0 Å². The van der Waals surface area contributed by atoms with Crippen LogP contribution in [-0.4, -0.2) is 57.9 Å². The predicted octanol–water partition coefficient (Wildman–Crippen LogP) is 1.72. The number of aryl methyl sites for hydroxylation is 1. The van der Waals surface area contributed by atoms with E-state index in [9.17, 15) is 9.59 Å². The molecule has 6 nitrogen and oxygen atoms in total. The van der Waals surface area contributed by atoms with Crippen LogP contribution in [0.4, 0.5) is 0 Å². The molecule has 0 saturated carbocycles. The number of hydrogen-bond acceptors (Lipinski definition) is 5. The predicted molar refractivity (Wildman–Crippen MR) is 89.5 cm³/mol. The molecule has 2 amide bonds. The molecule has 0 aliphatic carbocycles. The fraction of sp³-hybridized carbons (Fsp3) is 0.706. The second-order valence-electron chi connectivity index (χ2n) is 6.87. The van der Waals surface area contributed by atoms with Crippen LogP contribution < -0.4 is 0 Å². The summed E-state index contributed by atoms with van der Waals surface area (Å²) in [6.07, 6.45) is 3.67. The average molecular weight is 349 g/mol. The SMILES string of the molecule is Cc1nc(CN2C(=O)CC[C@@H]3[C@H]2CCN3C(=O)[C@H]2CCCO2)cs1. The number of rotatable bonds is 3. The summed E-state index contributed by atoms with van der Waals surface area (Å²) >= 11 is 1.61. The number of piperidine rings is 1. The Kier molecular flexibility index (Phi) is 4.30. The molecule has 0 unspecified atom stereocenters. The van der Waals surface area contributed by atoms with Gasteiger partial charge in [0.25, 0.3) is 5.91 Å². The van der Waals surface area contributed by atoms with Gasteiger partial charge in [0.15, 0.2) is 0 Å². The number of carbonyl (C=O) groups excluding carboxylic acids is 2. The molecule has 0 N–H and O–H groups in total. The van der Waals surface area contributed by atoms with Gasteiger partial charge in [0.2, 0.25) is 5.91 Å². The summed E-state index contributed by atoms with van der Waals surface area (Å²) in [6, 6.07) is 0.262. The van der Waals surface area contributed by atoms with Crippen molar-refractivity contribution in [2.45, 2.75) is 63.8 Å². The zero-order valence-electron chi connectivity index (χ0n) is 13.9. The maximum atomic E-state index is 12.7. The second kappa shape index (κ2) is 6.44. The standard InChI is InChI=1S/C17H23N3O3S/c1-11-18-12(10-24-11)9-20-14-6-7-19(13(14)4-5-16(20)21)17(22)15-3-2-8-23-15/h10,13-15H,2-9H2,1H3/t13-,14-,15-/m1/s1. The summed E-state index contributed by atoms with van der Waals surface area (Å²) in [5.74, 6) is 0.312. The van der Waals surface area contributed by atoms with Gasteiger partial charge in [-0.1, -0.05) is 0 Å². The maximum Gasteiger partial charge on any atom is 0.252 e. The first kappa shape index (κ1) is 16.0. The molecule has 0 aromatic carbocycles. The number of nitrogens with zero attached hydrogens (tertiary/aromatic N) is 3. The molecule has 7 heteroatoms. The molecular formula is C17H23N3O3S. The molecular weight excluding hydrogens is 326 g/mol. The van der Waals surface area contributed by atoms with Gasteiger partial charge in [0, 0.05) is 25.0 Å². The lowest BCUT2D eigenvalue weighted by Gasteiger charge is -2.39. The number of amides is 2. The van der Waals surface area contributed by atoms with Crippen LogP contribution in [0.1, 0.15) is 42.8 Å². The van der Waals surface area contributed by atoms with Gasteiger partial charge in [-0.05, 0) is 32.6 Å². The minimum Gasteiger partial charge on any atom is -0.368 e. The van der Waals surface area contributed by atoms with E-state index in [0.717, 1.165) is 42.9 Å². The summed E-state index contributed by atoms with van der Waals surface area (Å²) in [4.78, 5) is 33.6. The number of likely N-dealkylation sites (tertiary alicyclic amines) is 2. The summed E-state index contributed by atoms with van der Waals surface area (Å²) < 4.78 is 5.57. The zero-order valence-corrected chi connectivity index (χ0v) is 14.8. The molecule has 3 fully saturated rings. The summed E-state index contributed by atoms with van der Waals surface area (Å²) in [7, 11) is 0. The normalized spacial score (nSPS) is 30.0. The number of thiazole rings is 1. The quantitative estimate of drug-likeness (QED) is 0.834. The van der Waals surface area contributed by atoms with Crippen molar-refractivity contribution in [1.82, 2.24) is 14.8 Å². The minimum absolute atomic E-state index is 0.124. The Labute approximate surface area is 145 Å². The van der Waals surface area contributed by atoms with Crippen molar-refractivity contribution in [3.05, 3.63) is 16.1 Å². The lowest BCUT2D eigenvalue weighted by atomic mass is 9.95. The fourth-order valence-electron chi connectivity index (χ4n) is 4.24. The Bertz CT molecular complexity index is 641. The number of aromatic nitrogens is 1. The van der Waals surface area contributed by atoms with E-state index in [4.69, 9.17) is 4.74 Å². The van der Waals surface area contributed by atoms with Crippen molar-refractivity contribution < 1.29 is 14.3 Å². The molecule has 3 atom stereocenters. The van der Waals surface area contributed by atoms with E-state index in [1.807, 2.05) is 22.1 Å². The molecule has 24 heavy (non-hydrogen) atoms. The fourth-order valence-corrected chi connectivity index (χ4v) is 4.84. The maximum absolute atomic E-state index is 12.7. The first-order chi connectivity index (χ1) is 11.6. The zero-order chi connectivity index (χ0) is 16.7. The van der Waals surface area contributed by atoms with Gasteiger partial charge in [-0.2, -0.15) is 0 Å². The van der Waals surface area contributed by atoms with E-state index >= 15 is 0 Å². The van der Waals surface area contributed by atoms with Crippen LogP contribution in [-0.2, 0) is 20.9 Å². The molecule has 3 saturated heterocycles. The molecule has 4 heterocycles. The highest BCUT2D eigenvalue weighted by Crippen LogP contribution is 2.34. The number of hydrogen-bond donors (Lipinski definition) is 0. The van der Waals surface area contributed by atoms with Crippen molar-refractivity contribution in [2.75, 3.05) is 13.2 Å². The van der Waals surface area contributed by atoms with Crippen LogP contribution in [0, 0.1) is 6.92 Å². The first-order valence-corrected chi connectivity index (χ1v) is 9.64. The first-order valence-electron chi connectivity index (χ1n) is 8.76. The van der Waals surface area contributed by atoms with Gasteiger partial charge >= 0.3 is 0 Å². The highest BCUT2D eigenvalue weighted by atomic mass is 32.1. The van der Waals surface area contributed by atoms with Crippen molar-refractivity contribution in [3.8, 4) is 0 Å². The number of fused-ring (bicyclic) bond motifs is 1. The van der Waals surface area contributed by atoms with Crippen molar-refractivity contribution in [3.63, 3.8) is 0 Å². The highest BCUT2D eigenvalue weighted by molar-refractivity contribution is 7.09. The monoisotopic (exact) mass is 349 g/mol. The van der Waals surface area contributed by atoms with Crippen LogP contribution >= 0.6 is 11.3 Å². The van der Waals surface area contributed by atoms with Crippen LogP contribution in [0.2, 0.25) is 0 Å². The molecule has 1 aromatic heterocycles. The topological polar surface area (TPSA) is 62.7 Å². The summed E-state index contributed by atoms with van der Waals surface area (Å²) in [6.45, 7) is 3.96. The smallest absolute Gasteiger partial charge is 0.252 e. The number of carbonyl (C=O) groups is 2. The Hall–Kier alpha value is -1.47. The third-order valence-electron chi connectivity index (χ3n) is 5.37. The lowest BCUT2D eigenvalue weighted by molar-refractivity contribution is -0.147. The molecule has 3 aliphatic rings. The van der Waals surface area contributed by atoms with E-state index in [2.05, 4.69) is 4.98 Å². The highest BCUT2D eigenvalue weighted by Gasteiger charge is 2.46. The molecule has 130 valence electrons. The minimum atomic E-state index is -0.268. The van der Waals surface area contributed by atoms with Gasteiger partial charge in [-0.3, -0.25) is 9.59 Å². The van der Waals surface area contributed by atoms with Gasteiger partial charge < -0.3 is 14.5 Å². The average Bonchev–Trinajstić information content (AvgIpc) is 3.30. The van der Waals surface area contributed by atoms with Crippen LogP contribution in [0.3, 0.4) is 0 Å². The van der Waals surface area contributed by atoms with Crippen molar-refractivity contribution >= 4 is 23.2 Å². The van der Waals surface area contributed by atoms with Gasteiger partial charge in [0.05, 0.1) is 29.3 Å². The van der Waals surface area contributed by atoms with Crippen LogP contribution in [0.15, 0.2) is 5.38 Å². The molecule has 0 spiro atoms. The third kappa shape index (κ3) is 2.84. The summed E-state index contributed by atoms with van der Waals surface area (Å²) in [5.41, 5.74) is 0.954. The van der Waals surface area contributed by atoms with Gasteiger partial charge in [-0.15, -0.1) is 11.3 Å². The molecule has 4 rings (SSSR count). The van der Waals surface area contributed by atoms with Crippen molar-refractivity contribution in [1.29, 1.82) is 0 Å². The second-order valence-corrected chi connectivity index (χ2v) is 7.94. The number of ether oxygens (including phenoxy) is 1. The van der Waals surface area contributed by atoms with Crippen molar-refractivity contribution in [2.24, 2.45) is 0 Å². The summed E-state index contributed by atoms with van der Waals surface area (Å²) in [5, 5.41) is 3.05. The molecule has 0 bridgehead atoms. The molecule has 1 aromatic rings. The Morgan fingerprint density at radius 1 is 1.38 bits per heavy atom. The Morgan fingerprint density at radius 3 is 2.96 bits per heavy atom. The van der Waals surface area contributed by atoms with E-state index < -0.39 is 0 Å².